The summed E-state index contributed by atoms with van der Waals surface area (Å²) in [5.41, 5.74) is 4.83. The third-order valence-electron chi connectivity index (χ3n) is 6.94. The van der Waals surface area contributed by atoms with Gasteiger partial charge in [0.25, 0.3) is 6.01 Å². The highest BCUT2D eigenvalue weighted by Crippen LogP contribution is 2.27. The van der Waals surface area contributed by atoms with Crippen LogP contribution in [-0.4, -0.2) is 72.5 Å². The van der Waals surface area contributed by atoms with Gasteiger partial charge in [-0.05, 0) is 35.2 Å². The van der Waals surface area contributed by atoms with Gasteiger partial charge in [0, 0.05) is 38.3 Å². The molecule has 0 atom stereocenters. The summed E-state index contributed by atoms with van der Waals surface area (Å²) >= 11 is 0. The Hall–Kier alpha value is -3.76. The van der Waals surface area contributed by atoms with Crippen molar-refractivity contribution in [3.05, 3.63) is 53.6 Å². The Labute approximate surface area is 222 Å². The summed E-state index contributed by atoms with van der Waals surface area (Å²) in [4.78, 5) is 23.5. The van der Waals surface area contributed by atoms with E-state index in [1.165, 1.54) is 11.1 Å². The maximum absolute atomic E-state index is 5.96. The Morgan fingerprint density at radius 2 is 1.42 bits per heavy atom. The number of rotatable bonds is 7. The highest BCUT2D eigenvalue weighted by Gasteiger charge is 2.21. The highest BCUT2D eigenvalue weighted by atomic mass is 16.5. The lowest BCUT2D eigenvalue weighted by Gasteiger charge is -2.30. The van der Waals surface area contributed by atoms with E-state index >= 15 is 0 Å². The van der Waals surface area contributed by atoms with E-state index in [-0.39, 0.29) is 0 Å². The number of ether oxygens (including phenoxy) is 2. The molecule has 0 saturated carbocycles. The van der Waals surface area contributed by atoms with Crippen LogP contribution in [0, 0.1) is 0 Å². The van der Waals surface area contributed by atoms with Gasteiger partial charge < -0.3 is 29.0 Å². The second kappa shape index (κ2) is 10.9. The average Bonchev–Trinajstić information content (AvgIpc) is 3.39. The smallest absolute Gasteiger partial charge is 0.295 e. The molecule has 2 saturated heterocycles. The molecule has 2 aliphatic rings. The molecular formula is C28H33N7O3. The van der Waals surface area contributed by atoms with Crippen LogP contribution in [0.15, 0.2) is 46.9 Å². The summed E-state index contributed by atoms with van der Waals surface area (Å²) in [6.07, 6.45) is 0. The Morgan fingerprint density at radius 1 is 0.789 bits per heavy atom. The zero-order chi connectivity index (χ0) is 25.9. The summed E-state index contributed by atoms with van der Waals surface area (Å²) in [6, 6.07) is 15.0. The largest absolute Gasteiger partial charge is 0.424 e. The molecule has 2 aromatic heterocycles. The molecule has 0 aliphatic carbocycles. The number of hydrogen-bond donors (Lipinski definition) is 1. The predicted molar refractivity (Wildman–Crippen MR) is 147 cm³/mol. The topological polar surface area (TPSA) is 102 Å². The molecule has 1 N–H and O–H groups in total. The summed E-state index contributed by atoms with van der Waals surface area (Å²) in [5, 5.41) is 3.31. The van der Waals surface area contributed by atoms with Crippen molar-refractivity contribution in [1.82, 2.24) is 19.9 Å². The standard InChI is InChI=1S/C28H33N7O3/c1-19(2)21-5-3-20(4-6-21)18-29-28-30-23-17-22(7-8-24(23)38-28)25-31-26(34-9-13-36-14-10-34)33-27(32-25)35-11-15-37-16-12-35/h3-8,17,19H,9-16,18H2,1-2H3,(H,29,30). The van der Waals surface area contributed by atoms with Crippen LogP contribution in [0.3, 0.4) is 0 Å². The molecule has 2 fully saturated rings. The number of nitrogens with zero attached hydrogens (tertiary/aromatic N) is 6. The summed E-state index contributed by atoms with van der Waals surface area (Å²) in [6.45, 7) is 10.7. The fraction of sp³-hybridized carbons (Fsp3) is 0.429. The molecule has 0 bridgehead atoms. The minimum atomic E-state index is 0.490. The van der Waals surface area contributed by atoms with E-state index in [4.69, 9.17) is 28.8 Å². The van der Waals surface area contributed by atoms with Crippen LogP contribution in [0.4, 0.5) is 17.9 Å². The Balaban J connectivity index is 1.25. The van der Waals surface area contributed by atoms with Crippen molar-refractivity contribution in [3.63, 3.8) is 0 Å². The molecule has 0 spiro atoms. The maximum atomic E-state index is 5.96. The number of benzene rings is 2. The molecule has 0 unspecified atom stereocenters. The van der Waals surface area contributed by atoms with E-state index in [1.807, 2.05) is 18.2 Å². The first kappa shape index (κ1) is 24.6. The minimum absolute atomic E-state index is 0.490. The van der Waals surface area contributed by atoms with E-state index in [2.05, 4.69) is 58.2 Å². The molecule has 4 aromatic rings. The zero-order valence-electron chi connectivity index (χ0n) is 21.9. The molecular weight excluding hydrogens is 482 g/mol. The lowest BCUT2D eigenvalue weighted by molar-refractivity contribution is 0.121. The number of fused-ring (bicyclic) bond motifs is 1. The van der Waals surface area contributed by atoms with Gasteiger partial charge in [-0.3, -0.25) is 0 Å². The van der Waals surface area contributed by atoms with E-state index in [9.17, 15) is 0 Å². The molecule has 4 heterocycles. The van der Waals surface area contributed by atoms with Gasteiger partial charge in [-0.1, -0.05) is 38.1 Å². The van der Waals surface area contributed by atoms with E-state index in [0.29, 0.717) is 68.2 Å². The van der Waals surface area contributed by atoms with Crippen LogP contribution in [0.5, 0.6) is 0 Å². The van der Waals surface area contributed by atoms with Crippen LogP contribution >= 0.6 is 0 Å². The first-order valence-electron chi connectivity index (χ1n) is 13.3. The van der Waals surface area contributed by atoms with Crippen molar-refractivity contribution in [2.75, 3.05) is 67.7 Å². The second-order valence-electron chi connectivity index (χ2n) is 9.91. The van der Waals surface area contributed by atoms with Gasteiger partial charge in [-0.2, -0.15) is 19.9 Å². The van der Waals surface area contributed by atoms with Crippen LogP contribution in [0.1, 0.15) is 30.9 Å². The zero-order valence-corrected chi connectivity index (χ0v) is 21.9. The molecule has 10 heteroatoms. The number of hydrogen-bond acceptors (Lipinski definition) is 10. The molecule has 6 rings (SSSR count). The maximum Gasteiger partial charge on any atom is 0.295 e. The molecule has 2 aliphatic heterocycles. The fourth-order valence-electron chi connectivity index (χ4n) is 4.63. The lowest BCUT2D eigenvalue weighted by atomic mass is 10.0. The van der Waals surface area contributed by atoms with E-state index in [0.717, 1.165) is 37.3 Å². The van der Waals surface area contributed by atoms with Gasteiger partial charge in [-0.15, -0.1) is 0 Å². The average molecular weight is 516 g/mol. The van der Waals surface area contributed by atoms with Crippen molar-refractivity contribution >= 4 is 29.0 Å². The summed E-state index contributed by atoms with van der Waals surface area (Å²) in [5.74, 6) is 2.48. The van der Waals surface area contributed by atoms with Crippen molar-refractivity contribution in [1.29, 1.82) is 0 Å². The van der Waals surface area contributed by atoms with Crippen molar-refractivity contribution in [3.8, 4) is 11.4 Å². The quantitative estimate of drug-likeness (QED) is 0.387. The van der Waals surface area contributed by atoms with E-state index in [1.54, 1.807) is 0 Å². The SMILES string of the molecule is CC(C)c1ccc(CNc2nc3cc(-c4nc(N5CCOCC5)nc(N5CCOCC5)n4)ccc3o2)cc1. The van der Waals surface area contributed by atoms with Gasteiger partial charge >= 0.3 is 0 Å². The number of nitrogens with one attached hydrogen (secondary N) is 1. The fourth-order valence-corrected chi connectivity index (χ4v) is 4.63. The van der Waals surface area contributed by atoms with Gasteiger partial charge in [0.05, 0.1) is 26.4 Å². The second-order valence-corrected chi connectivity index (χ2v) is 9.91. The first-order valence-corrected chi connectivity index (χ1v) is 13.3. The van der Waals surface area contributed by atoms with Crippen LogP contribution in [0.25, 0.3) is 22.5 Å². The predicted octanol–water partition coefficient (Wildman–Crippen LogP) is 4.09. The molecule has 38 heavy (non-hydrogen) atoms. The third kappa shape index (κ3) is 5.41. The van der Waals surface area contributed by atoms with Crippen molar-refractivity contribution < 1.29 is 13.9 Å². The van der Waals surface area contributed by atoms with Crippen LogP contribution in [0.2, 0.25) is 0 Å². The highest BCUT2D eigenvalue weighted by molar-refractivity contribution is 5.80. The molecule has 198 valence electrons. The Kier molecular flexibility index (Phi) is 7.06. The van der Waals surface area contributed by atoms with Crippen molar-refractivity contribution in [2.24, 2.45) is 0 Å². The van der Waals surface area contributed by atoms with E-state index < -0.39 is 0 Å². The van der Waals surface area contributed by atoms with Crippen LogP contribution in [-0.2, 0) is 16.0 Å². The minimum Gasteiger partial charge on any atom is -0.424 e. The number of morpholine rings is 2. The molecule has 0 amide bonds. The van der Waals surface area contributed by atoms with Gasteiger partial charge in [-0.25, -0.2) is 0 Å². The Bertz CT molecular complexity index is 1340. The van der Waals surface area contributed by atoms with Gasteiger partial charge in [0.1, 0.15) is 5.52 Å². The number of anilines is 3. The number of aromatic nitrogens is 4. The van der Waals surface area contributed by atoms with Gasteiger partial charge in [0.2, 0.25) is 11.9 Å². The van der Waals surface area contributed by atoms with Crippen LogP contribution < -0.4 is 15.1 Å². The molecule has 2 aromatic carbocycles. The summed E-state index contributed by atoms with van der Waals surface area (Å²) < 4.78 is 17.0. The Morgan fingerprint density at radius 3 is 2.03 bits per heavy atom. The normalized spacial score (nSPS) is 16.4. The monoisotopic (exact) mass is 515 g/mol. The van der Waals surface area contributed by atoms with Crippen molar-refractivity contribution in [2.45, 2.75) is 26.3 Å². The first-order chi connectivity index (χ1) is 18.6. The lowest BCUT2D eigenvalue weighted by Crippen LogP contribution is -2.40. The summed E-state index contributed by atoms with van der Waals surface area (Å²) in [7, 11) is 0. The molecule has 0 radical (unpaired) electrons. The third-order valence-corrected chi connectivity index (χ3v) is 6.94. The molecule has 10 nitrogen and oxygen atoms in total. The number of oxazole rings is 1. The van der Waals surface area contributed by atoms with Gasteiger partial charge in [0.15, 0.2) is 11.4 Å².